The van der Waals surface area contributed by atoms with Crippen LogP contribution in [0.2, 0.25) is 0 Å². The summed E-state index contributed by atoms with van der Waals surface area (Å²) < 4.78 is 26.6. The van der Waals surface area contributed by atoms with Crippen LogP contribution < -0.4 is 4.90 Å². The summed E-state index contributed by atoms with van der Waals surface area (Å²) in [7, 11) is 1.39. The van der Waals surface area contributed by atoms with Crippen LogP contribution in [0.4, 0.5) is 14.6 Å². The Morgan fingerprint density at radius 2 is 2.19 bits per heavy atom. The molecule has 2 aromatic rings. The Labute approximate surface area is 121 Å². The normalized spacial score (nSPS) is 11.0. The summed E-state index contributed by atoms with van der Waals surface area (Å²) in [5.41, 5.74) is 0.532. The van der Waals surface area contributed by atoms with Gasteiger partial charge in [0.15, 0.2) is 5.69 Å². The van der Waals surface area contributed by atoms with Gasteiger partial charge >= 0.3 is 0 Å². The van der Waals surface area contributed by atoms with Crippen molar-refractivity contribution in [2.24, 2.45) is 7.05 Å². The fourth-order valence-corrected chi connectivity index (χ4v) is 2.08. The molecule has 0 aliphatic carbocycles. The van der Waals surface area contributed by atoms with Crippen molar-refractivity contribution in [1.29, 1.82) is 0 Å². The van der Waals surface area contributed by atoms with E-state index in [-0.39, 0.29) is 11.4 Å². The van der Waals surface area contributed by atoms with Crippen LogP contribution in [-0.2, 0) is 7.05 Å². The molecule has 0 unspecified atom stereocenters. The lowest BCUT2D eigenvalue weighted by Gasteiger charge is -2.20. The van der Waals surface area contributed by atoms with Crippen molar-refractivity contribution in [3.63, 3.8) is 0 Å². The van der Waals surface area contributed by atoms with Gasteiger partial charge in [0.1, 0.15) is 11.5 Å². The van der Waals surface area contributed by atoms with Crippen LogP contribution in [-0.4, -0.2) is 27.2 Å². The van der Waals surface area contributed by atoms with Crippen molar-refractivity contribution in [2.75, 3.05) is 11.4 Å². The molecule has 0 aromatic carbocycles. The Morgan fingerprint density at radius 1 is 1.48 bits per heavy atom. The van der Waals surface area contributed by atoms with Crippen molar-refractivity contribution in [1.82, 2.24) is 14.8 Å². The van der Waals surface area contributed by atoms with Crippen LogP contribution in [0.3, 0.4) is 0 Å². The molecule has 7 heteroatoms. The zero-order valence-corrected chi connectivity index (χ0v) is 12.0. The molecule has 5 nitrogen and oxygen atoms in total. The molecule has 0 saturated carbocycles. The third-order valence-corrected chi connectivity index (χ3v) is 3.16. The summed E-state index contributed by atoms with van der Waals surface area (Å²) in [5, 5.41) is 3.87. The van der Waals surface area contributed by atoms with E-state index in [1.807, 2.05) is 13.0 Å². The van der Waals surface area contributed by atoms with E-state index in [1.54, 1.807) is 19.2 Å². The quantitative estimate of drug-likeness (QED) is 0.871. The fraction of sp³-hybridized carbons (Fsp3) is 0.357. The number of pyridine rings is 1. The minimum Gasteiger partial charge on any atom is -0.291 e. The number of alkyl halides is 2. The van der Waals surface area contributed by atoms with Gasteiger partial charge in [0.2, 0.25) is 0 Å². The van der Waals surface area contributed by atoms with E-state index in [2.05, 4.69) is 10.1 Å². The number of halogens is 2. The van der Waals surface area contributed by atoms with Gasteiger partial charge in [-0.2, -0.15) is 5.10 Å². The number of nitrogens with zero attached hydrogens (tertiary/aromatic N) is 4. The van der Waals surface area contributed by atoms with Gasteiger partial charge in [-0.1, -0.05) is 6.07 Å². The van der Waals surface area contributed by atoms with Crippen molar-refractivity contribution >= 4 is 11.7 Å². The molecule has 0 spiro atoms. The highest BCUT2D eigenvalue weighted by atomic mass is 19.3. The van der Waals surface area contributed by atoms with Gasteiger partial charge in [-0.3, -0.25) is 14.4 Å². The largest absolute Gasteiger partial charge is 0.291 e. The zero-order valence-electron chi connectivity index (χ0n) is 12.0. The number of hydrogen-bond donors (Lipinski definition) is 0. The van der Waals surface area contributed by atoms with Gasteiger partial charge < -0.3 is 0 Å². The van der Waals surface area contributed by atoms with Crippen molar-refractivity contribution in [3.05, 3.63) is 41.3 Å². The lowest BCUT2D eigenvalue weighted by Crippen LogP contribution is -2.32. The second-order valence-electron chi connectivity index (χ2n) is 4.57. The number of hydrogen-bond acceptors (Lipinski definition) is 3. The van der Waals surface area contributed by atoms with Crippen LogP contribution in [0.1, 0.15) is 35.1 Å². The number of carbonyl (C=O) groups is 1. The number of aryl methyl sites for hydroxylation is 2. The minimum atomic E-state index is -2.67. The topological polar surface area (TPSA) is 51.0 Å². The Bertz CT molecular complexity index is 654. The summed E-state index contributed by atoms with van der Waals surface area (Å²) in [6.45, 7) is 4.00. The van der Waals surface area contributed by atoms with Gasteiger partial charge in [0.05, 0.1) is 0 Å². The van der Waals surface area contributed by atoms with Gasteiger partial charge in [-0.05, 0) is 31.5 Å². The molecule has 1 amide bonds. The summed E-state index contributed by atoms with van der Waals surface area (Å²) in [6.07, 6.45) is -1.09. The van der Waals surface area contributed by atoms with E-state index in [0.717, 1.165) is 16.3 Å². The van der Waals surface area contributed by atoms with E-state index in [9.17, 15) is 13.6 Å². The molecule has 0 saturated heterocycles. The second kappa shape index (κ2) is 5.99. The molecule has 112 valence electrons. The fourth-order valence-electron chi connectivity index (χ4n) is 2.08. The van der Waals surface area contributed by atoms with Crippen LogP contribution in [0.25, 0.3) is 0 Å². The molecule has 2 rings (SSSR count). The van der Waals surface area contributed by atoms with E-state index in [1.165, 1.54) is 11.9 Å². The highest BCUT2D eigenvalue weighted by molar-refractivity contribution is 6.04. The average Bonchev–Trinajstić information content (AvgIpc) is 2.84. The molecule has 0 aliphatic rings. The maximum Gasteiger partial charge on any atom is 0.280 e. The predicted molar refractivity (Wildman–Crippen MR) is 74.5 cm³/mol. The predicted octanol–water partition coefficient (Wildman–Crippen LogP) is 2.73. The first-order chi connectivity index (χ1) is 9.95. The number of anilines is 1. The SMILES string of the molecule is CCN(C(=O)c1cc(C(F)F)n(C)n1)c1ncccc1C. The summed E-state index contributed by atoms with van der Waals surface area (Å²) in [4.78, 5) is 18.1. The maximum atomic E-state index is 12.8. The molecule has 0 radical (unpaired) electrons. The molecular formula is C14H16F2N4O. The minimum absolute atomic E-state index is 0.0142. The van der Waals surface area contributed by atoms with Gasteiger partial charge in [0.25, 0.3) is 12.3 Å². The molecular weight excluding hydrogens is 278 g/mol. The first-order valence-corrected chi connectivity index (χ1v) is 6.51. The Kier molecular flexibility index (Phi) is 4.30. The average molecular weight is 294 g/mol. The van der Waals surface area contributed by atoms with Crippen molar-refractivity contribution < 1.29 is 13.6 Å². The number of amides is 1. The first kappa shape index (κ1) is 15.1. The molecule has 0 atom stereocenters. The number of carbonyl (C=O) groups excluding carboxylic acids is 1. The highest BCUT2D eigenvalue weighted by Crippen LogP contribution is 2.22. The van der Waals surface area contributed by atoms with E-state index in [0.29, 0.717) is 12.4 Å². The van der Waals surface area contributed by atoms with Crippen LogP contribution >= 0.6 is 0 Å². The van der Waals surface area contributed by atoms with Crippen molar-refractivity contribution in [3.8, 4) is 0 Å². The standard InChI is InChI=1S/C14H16F2N4O/c1-4-20(13-9(2)6-5-7-17-13)14(21)10-8-11(12(15)16)19(3)18-10/h5-8,12H,4H2,1-3H3. The molecule has 2 heterocycles. The first-order valence-electron chi connectivity index (χ1n) is 6.51. The van der Waals surface area contributed by atoms with Crippen LogP contribution in [0, 0.1) is 6.92 Å². The van der Waals surface area contributed by atoms with Crippen LogP contribution in [0.15, 0.2) is 24.4 Å². The molecule has 0 N–H and O–H groups in total. The third-order valence-electron chi connectivity index (χ3n) is 3.16. The monoisotopic (exact) mass is 294 g/mol. The Balaban J connectivity index is 2.37. The van der Waals surface area contributed by atoms with E-state index in [4.69, 9.17) is 0 Å². The van der Waals surface area contributed by atoms with Gasteiger partial charge in [-0.15, -0.1) is 0 Å². The molecule has 2 aromatic heterocycles. The maximum absolute atomic E-state index is 12.8. The smallest absolute Gasteiger partial charge is 0.280 e. The van der Waals surface area contributed by atoms with E-state index >= 15 is 0 Å². The lowest BCUT2D eigenvalue weighted by molar-refractivity contribution is 0.0982. The number of aromatic nitrogens is 3. The van der Waals surface area contributed by atoms with Gasteiger partial charge in [-0.25, -0.2) is 13.8 Å². The third kappa shape index (κ3) is 2.91. The molecule has 0 fully saturated rings. The Morgan fingerprint density at radius 3 is 2.71 bits per heavy atom. The highest BCUT2D eigenvalue weighted by Gasteiger charge is 2.24. The summed E-state index contributed by atoms with van der Waals surface area (Å²) in [6, 6.07) is 4.72. The summed E-state index contributed by atoms with van der Waals surface area (Å²) in [5.74, 6) is 0.0658. The van der Waals surface area contributed by atoms with Crippen LogP contribution in [0.5, 0.6) is 0 Å². The zero-order chi connectivity index (χ0) is 15.6. The molecule has 21 heavy (non-hydrogen) atoms. The lowest BCUT2D eigenvalue weighted by atomic mass is 10.2. The second-order valence-corrected chi connectivity index (χ2v) is 4.57. The Hall–Kier alpha value is -2.31. The van der Waals surface area contributed by atoms with E-state index < -0.39 is 12.3 Å². The van der Waals surface area contributed by atoms with Gasteiger partial charge in [0, 0.05) is 19.8 Å². The number of rotatable bonds is 4. The summed E-state index contributed by atoms with van der Waals surface area (Å²) >= 11 is 0. The molecule has 0 aliphatic heterocycles. The molecule has 0 bridgehead atoms. The van der Waals surface area contributed by atoms with Crippen molar-refractivity contribution in [2.45, 2.75) is 20.3 Å².